The van der Waals surface area contributed by atoms with E-state index in [-0.39, 0.29) is 5.91 Å². The van der Waals surface area contributed by atoms with Crippen molar-refractivity contribution in [2.24, 2.45) is 11.7 Å². The Kier molecular flexibility index (Phi) is 6.44. The lowest BCUT2D eigenvalue weighted by atomic mass is 9.89. The molecule has 0 unspecified atom stereocenters. The summed E-state index contributed by atoms with van der Waals surface area (Å²) in [5.41, 5.74) is 6.69. The van der Waals surface area contributed by atoms with Crippen molar-refractivity contribution >= 4 is 17.2 Å². The average molecular weight is 367 g/mol. The van der Waals surface area contributed by atoms with E-state index in [0.29, 0.717) is 32.0 Å². The zero-order valence-electron chi connectivity index (χ0n) is 15.1. The molecule has 1 aromatic heterocycles. The molecule has 2 saturated heterocycles. The zero-order valence-corrected chi connectivity index (χ0v) is 15.9. The number of hydrogen-bond donors (Lipinski definition) is 2. The minimum absolute atomic E-state index is 0.00667. The first-order valence-corrected chi connectivity index (χ1v) is 10.3. The van der Waals surface area contributed by atoms with Crippen LogP contribution in [0.15, 0.2) is 5.38 Å². The monoisotopic (exact) mass is 366 g/mol. The van der Waals surface area contributed by atoms with Gasteiger partial charge in [-0.15, -0.1) is 11.3 Å². The van der Waals surface area contributed by atoms with Gasteiger partial charge in [0, 0.05) is 31.7 Å². The Morgan fingerprint density at radius 2 is 2.16 bits per heavy atom. The topological polar surface area (TPSA) is 80.5 Å². The van der Waals surface area contributed by atoms with E-state index < -0.39 is 5.54 Å². The van der Waals surface area contributed by atoms with Crippen molar-refractivity contribution in [2.75, 3.05) is 32.8 Å². The molecule has 2 aliphatic heterocycles. The van der Waals surface area contributed by atoms with Crippen LogP contribution in [-0.2, 0) is 22.5 Å². The molecular formula is C18H30N4O2S. The number of carbonyl (C=O) groups is 1. The molecule has 0 atom stereocenters. The summed E-state index contributed by atoms with van der Waals surface area (Å²) in [5, 5.41) is 6.49. The molecule has 6 nitrogen and oxygen atoms in total. The van der Waals surface area contributed by atoms with E-state index in [1.165, 1.54) is 10.7 Å². The van der Waals surface area contributed by atoms with Crippen LogP contribution in [0.2, 0.25) is 0 Å². The maximum atomic E-state index is 12.4. The van der Waals surface area contributed by atoms with E-state index in [1.807, 2.05) is 0 Å². The van der Waals surface area contributed by atoms with Crippen molar-refractivity contribution in [3.63, 3.8) is 0 Å². The van der Waals surface area contributed by atoms with Gasteiger partial charge in [0.05, 0.1) is 16.2 Å². The van der Waals surface area contributed by atoms with Crippen molar-refractivity contribution in [1.82, 2.24) is 15.2 Å². The SMILES string of the molecule is CCc1nc(CN2CCC(CNC(=O)C3(N)CCOCC3)CC2)cs1. The lowest BCUT2D eigenvalue weighted by Gasteiger charge is -2.34. The third kappa shape index (κ3) is 5.00. The quantitative estimate of drug-likeness (QED) is 0.798. The van der Waals surface area contributed by atoms with Gasteiger partial charge in [0.2, 0.25) is 5.91 Å². The van der Waals surface area contributed by atoms with Crippen molar-refractivity contribution in [1.29, 1.82) is 0 Å². The summed E-state index contributed by atoms with van der Waals surface area (Å²) >= 11 is 1.76. The number of hydrogen-bond acceptors (Lipinski definition) is 6. The number of aromatic nitrogens is 1. The Labute approximate surface area is 154 Å². The first-order chi connectivity index (χ1) is 12.1. The molecular weight excluding hydrogens is 336 g/mol. The summed E-state index contributed by atoms with van der Waals surface area (Å²) in [7, 11) is 0. The highest BCUT2D eigenvalue weighted by atomic mass is 32.1. The standard InChI is InChI=1S/C18H30N4O2S/c1-2-16-21-15(13-25-16)12-22-7-3-14(4-8-22)11-20-17(23)18(19)5-9-24-10-6-18/h13-14H,2-12,19H2,1H3,(H,20,23). The van der Waals surface area contributed by atoms with Crippen molar-refractivity contribution in [3.05, 3.63) is 16.1 Å². The molecule has 3 N–H and O–H groups in total. The molecule has 7 heteroatoms. The molecule has 25 heavy (non-hydrogen) atoms. The van der Waals surface area contributed by atoms with Crippen LogP contribution in [-0.4, -0.2) is 54.2 Å². The number of ether oxygens (including phenoxy) is 1. The van der Waals surface area contributed by atoms with Crippen LogP contribution in [0.5, 0.6) is 0 Å². The molecule has 3 rings (SSSR count). The van der Waals surface area contributed by atoms with E-state index in [9.17, 15) is 4.79 Å². The van der Waals surface area contributed by atoms with E-state index in [4.69, 9.17) is 10.5 Å². The zero-order chi connectivity index (χ0) is 17.7. The number of amides is 1. The number of aryl methyl sites for hydroxylation is 1. The third-order valence-electron chi connectivity index (χ3n) is 5.38. The number of likely N-dealkylation sites (tertiary alicyclic amines) is 1. The van der Waals surface area contributed by atoms with Crippen LogP contribution in [0.25, 0.3) is 0 Å². The molecule has 1 amide bonds. The highest BCUT2D eigenvalue weighted by Gasteiger charge is 2.36. The Balaban J connectivity index is 1.38. The number of piperidine rings is 1. The van der Waals surface area contributed by atoms with E-state index >= 15 is 0 Å². The summed E-state index contributed by atoms with van der Waals surface area (Å²) in [6, 6.07) is 0. The second-order valence-electron chi connectivity index (χ2n) is 7.28. The van der Waals surface area contributed by atoms with Gasteiger partial charge in [-0.25, -0.2) is 4.98 Å². The summed E-state index contributed by atoms with van der Waals surface area (Å²) < 4.78 is 5.31. The maximum Gasteiger partial charge on any atom is 0.240 e. The molecule has 1 aromatic rings. The van der Waals surface area contributed by atoms with Gasteiger partial charge in [0.15, 0.2) is 0 Å². The van der Waals surface area contributed by atoms with Gasteiger partial charge in [-0.05, 0) is 51.1 Å². The number of nitrogens with one attached hydrogen (secondary N) is 1. The Bertz CT molecular complexity index is 563. The molecule has 0 saturated carbocycles. The normalized spacial score (nSPS) is 22.0. The van der Waals surface area contributed by atoms with E-state index in [2.05, 4.69) is 27.5 Å². The first kappa shape index (κ1) is 18.8. The highest BCUT2D eigenvalue weighted by molar-refractivity contribution is 7.09. The predicted molar refractivity (Wildman–Crippen MR) is 99.5 cm³/mol. The van der Waals surface area contributed by atoms with Gasteiger partial charge < -0.3 is 15.8 Å². The Morgan fingerprint density at radius 3 is 2.80 bits per heavy atom. The number of rotatable bonds is 6. The van der Waals surface area contributed by atoms with Gasteiger partial charge in [-0.3, -0.25) is 9.69 Å². The number of nitrogens with two attached hydrogens (primary N) is 1. The fourth-order valence-corrected chi connectivity index (χ4v) is 4.27. The van der Waals surface area contributed by atoms with Crippen molar-refractivity contribution in [3.8, 4) is 0 Å². The molecule has 3 heterocycles. The van der Waals surface area contributed by atoms with Gasteiger partial charge >= 0.3 is 0 Å². The Hall–Kier alpha value is -1.02. The molecule has 140 valence electrons. The van der Waals surface area contributed by atoms with E-state index in [1.54, 1.807) is 11.3 Å². The van der Waals surface area contributed by atoms with Crippen LogP contribution in [0.1, 0.15) is 43.3 Å². The summed E-state index contributed by atoms with van der Waals surface area (Å²) in [4.78, 5) is 19.5. The third-order valence-corrected chi connectivity index (χ3v) is 6.43. The fraction of sp³-hybridized carbons (Fsp3) is 0.778. The van der Waals surface area contributed by atoms with Crippen molar-refractivity contribution < 1.29 is 9.53 Å². The maximum absolute atomic E-state index is 12.4. The molecule has 2 fully saturated rings. The van der Waals surface area contributed by atoms with Gasteiger partial charge in [-0.1, -0.05) is 6.92 Å². The largest absolute Gasteiger partial charge is 0.381 e. The molecule has 0 spiro atoms. The molecule has 0 aliphatic carbocycles. The minimum atomic E-state index is -0.736. The molecule has 2 aliphatic rings. The van der Waals surface area contributed by atoms with E-state index in [0.717, 1.165) is 45.4 Å². The Morgan fingerprint density at radius 1 is 1.44 bits per heavy atom. The van der Waals surface area contributed by atoms with Crippen molar-refractivity contribution in [2.45, 2.75) is 51.1 Å². The number of thiazole rings is 1. The van der Waals surface area contributed by atoms with Crippen LogP contribution < -0.4 is 11.1 Å². The average Bonchev–Trinajstić information content (AvgIpc) is 3.09. The number of nitrogens with zero attached hydrogens (tertiary/aromatic N) is 2. The summed E-state index contributed by atoms with van der Waals surface area (Å²) in [5.74, 6) is 0.540. The lowest BCUT2D eigenvalue weighted by Crippen LogP contribution is -2.57. The van der Waals surface area contributed by atoms with Gasteiger partial charge in [0.25, 0.3) is 0 Å². The summed E-state index contributed by atoms with van der Waals surface area (Å²) in [6.07, 6.45) is 4.48. The molecule has 0 radical (unpaired) electrons. The highest BCUT2D eigenvalue weighted by Crippen LogP contribution is 2.21. The van der Waals surface area contributed by atoms with Crippen LogP contribution >= 0.6 is 11.3 Å². The van der Waals surface area contributed by atoms with Crippen LogP contribution in [0.3, 0.4) is 0 Å². The minimum Gasteiger partial charge on any atom is -0.381 e. The molecule has 0 aromatic carbocycles. The second-order valence-corrected chi connectivity index (χ2v) is 8.23. The fourth-order valence-electron chi connectivity index (χ4n) is 3.54. The van der Waals surface area contributed by atoms with Gasteiger partial charge in [-0.2, -0.15) is 0 Å². The lowest BCUT2D eigenvalue weighted by molar-refractivity contribution is -0.130. The van der Waals surface area contributed by atoms with Gasteiger partial charge in [0.1, 0.15) is 0 Å². The smallest absolute Gasteiger partial charge is 0.240 e. The number of carbonyl (C=O) groups excluding carboxylic acids is 1. The second kappa shape index (κ2) is 8.58. The summed E-state index contributed by atoms with van der Waals surface area (Å²) in [6.45, 7) is 7.14. The predicted octanol–water partition coefficient (Wildman–Crippen LogP) is 1.54. The van der Waals surface area contributed by atoms with Crippen LogP contribution in [0, 0.1) is 5.92 Å². The first-order valence-electron chi connectivity index (χ1n) is 9.39. The molecule has 0 bridgehead atoms. The van der Waals surface area contributed by atoms with Crippen LogP contribution in [0.4, 0.5) is 0 Å².